The third-order valence-corrected chi connectivity index (χ3v) is 6.28. The molecule has 1 fully saturated rings. The van der Waals surface area contributed by atoms with Crippen LogP contribution in [0, 0.1) is 5.41 Å². The molecule has 1 aromatic rings. The van der Waals surface area contributed by atoms with E-state index >= 15 is 0 Å². The average Bonchev–Trinajstić information content (AvgIpc) is 2.64. The molecule has 1 saturated carbocycles. The third-order valence-electron chi connectivity index (χ3n) is 6.28. The third kappa shape index (κ3) is 2.93. The predicted octanol–water partition coefficient (Wildman–Crippen LogP) is 2.36. The highest BCUT2D eigenvalue weighted by Crippen LogP contribution is 2.61. The maximum atomic E-state index is 13.1. The minimum Gasteiger partial charge on any atom is -0.507 e. The van der Waals surface area contributed by atoms with Crippen molar-refractivity contribution in [3.8, 4) is 17.2 Å². The summed E-state index contributed by atoms with van der Waals surface area (Å²) in [5.41, 5.74) is -2.02. The summed E-state index contributed by atoms with van der Waals surface area (Å²) in [5.74, 6) is -3.17. The van der Waals surface area contributed by atoms with E-state index in [1.807, 2.05) is 0 Å². The van der Waals surface area contributed by atoms with Gasteiger partial charge in [0.05, 0.1) is 11.7 Å². The molecule has 158 valence electrons. The summed E-state index contributed by atoms with van der Waals surface area (Å²) in [7, 11) is 0. The molecule has 3 rings (SSSR count). The van der Waals surface area contributed by atoms with Crippen molar-refractivity contribution in [3.05, 3.63) is 28.0 Å². The van der Waals surface area contributed by atoms with Crippen molar-refractivity contribution in [3.63, 3.8) is 0 Å². The van der Waals surface area contributed by atoms with Gasteiger partial charge in [-0.25, -0.2) is 0 Å². The van der Waals surface area contributed by atoms with Crippen LogP contribution in [0.5, 0.6) is 17.2 Å². The molecule has 0 spiro atoms. The highest BCUT2D eigenvalue weighted by Gasteiger charge is 2.55. The molecule has 0 amide bonds. The first kappa shape index (κ1) is 21.0. The Morgan fingerprint density at radius 3 is 2.34 bits per heavy atom. The first-order chi connectivity index (χ1) is 13.5. The number of hydrogen-bond acceptors (Lipinski definition) is 8. The Hall–Kier alpha value is -2.74. The first-order valence-electron chi connectivity index (χ1n) is 9.52. The smallest absolute Gasteiger partial charge is 0.293 e. The molecule has 0 saturated heterocycles. The van der Waals surface area contributed by atoms with E-state index in [9.17, 15) is 35.1 Å². The largest absolute Gasteiger partial charge is 0.507 e. The fourth-order valence-corrected chi connectivity index (χ4v) is 5.15. The molecule has 0 aromatic heterocycles. The number of ketones is 1. The molecule has 0 aliphatic heterocycles. The van der Waals surface area contributed by atoms with Crippen molar-refractivity contribution in [1.82, 2.24) is 0 Å². The van der Waals surface area contributed by atoms with Gasteiger partial charge in [0.1, 0.15) is 12.4 Å². The predicted molar refractivity (Wildman–Crippen MR) is 102 cm³/mol. The lowest BCUT2D eigenvalue weighted by atomic mass is 9.54. The Balaban J connectivity index is 2.33. The molecule has 2 aliphatic carbocycles. The molecule has 29 heavy (non-hydrogen) atoms. The van der Waals surface area contributed by atoms with Crippen molar-refractivity contribution < 1.29 is 39.9 Å². The molecule has 8 heteroatoms. The number of carbonyl (C=O) groups excluding carboxylic acids is 2. The quantitative estimate of drug-likeness (QED) is 0.285. The molecule has 0 radical (unpaired) electrons. The van der Waals surface area contributed by atoms with Crippen molar-refractivity contribution >= 4 is 12.3 Å². The number of hydrogen-bond donors (Lipinski definition) is 5. The number of carbonyl (C=O) groups is 2. The van der Waals surface area contributed by atoms with Crippen LogP contribution in [0.3, 0.4) is 0 Å². The zero-order chi connectivity index (χ0) is 21.7. The van der Waals surface area contributed by atoms with Gasteiger partial charge in [0.25, 0.3) is 6.47 Å². The summed E-state index contributed by atoms with van der Waals surface area (Å²) in [6.07, 6.45) is 0.473. The number of rotatable bonds is 5. The molecule has 0 bridgehead atoms. The molecule has 2 aliphatic rings. The van der Waals surface area contributed by atoms with Crippen LogP contribution in [-0.4, -0.2) is 50.5 Å². The summed E-state index contributed by atoms with van der Waals surface area (Å²) < 4.78 is 4.96. The van der Waals surface area contributed by atoms with Crippen molar-refractivity contribution in [2.24, 2.45) is 5.41 Å². The van der Waals surface area contributed by atoms with E-state index in [0.717, 1.165) is 0 Å². The van der Waals surface area contributed by atoms with Gasteiger partial charge < -0.3 is 30.3 Å². The lowest BCUT2D eigenvalue weighted by molar-refractivity contribution is -0.131. The first-order valence-corrected chi connectivity index (χ1v) is 9.52. The maximum absolute atomic E-state index is 13.1. The lowest BCUT2D eigenvalue weighted by Crippen LogP contribution is -2.46. The topological polar surface area (TPSA) is 145 Å². The van der Waals surface area contributed by atoms with E-state index in [-0.39, 0.29) is 29.7 Å². The van der Waals surface area contributed by atoms with Crippen molar-refractivity contribution in [2.75, 3.05) is 6.61 Å². The number of phenolic OH excluding ortho intramolecular Hbond substituents is 3. The van der Waals surface area contributed by atoms with E-state index in [1.165, 1.54) is 6.92 Å². The second-order valence-corrected chi connectivity index (χ2v) is 8.53. The van der Waals surface area contributed by atoms with Gasteiger partial charge in [-0.05, 0) is 25.3 Å². The van der Waals surface area contributed by atoms with Crippen LogP contribution in [0.15, 0.2) is 11.3 Å². The van der Waals surface area contributed by atoms with Crippen LogP contribution in [0.2, 0.25) is 0 Å². The normalized spacial score (nSPS) is 27.2. The van der Waals surface area contributed by atoms with Crippen molar-refractivity contribution in [2.45, 2.75) is 58.0 Å². The molecule has 0 heterocycles. The van der Waals surface area contributed by atoms with Crippen LogP contribution >= 0.6 is 0 Å². The zero-order valence-corrected chi connectivity index (χ0v) is 16.7. The van der Waals surface area contributed by atoms with Crippen LogP contribution < -0.4 is 0 Å². The lowest BCUT2D eigenvalue weighted by Gasteiger charge is -2.49. The number of aromatic hydroxyl groups is 3. The van der Waals surface area contributed by atoms with E-state index in [2.05, 4.69) is 0 Å². The van der Waals surface area contributed by atoms with Crippen molar-refractivity contribution in [1.29, 1.82) is 0 Å². The van der Waals surface area contributed by atoms with E-state index in [1.54, 1.807) is 13.8 Å². The Kier molecular flexibility index (Phi) is 5.03. The summed E-state index contributed by atoms with van der Waals surface area (Å²) in [6.45, 7) is 5.15. The average molecular weight is 406 g/mol. The fourth-order valence-electron chi connectivity index (χ4n) is 5.15. The second kappa shape index (κ2) is 6.95. The number of aliphatic hydroxyl groups excluding tert-OH is 2. The molecule has 1 aromatic carbocycles. The van der Waals surface area contributed by atoms with Gasteiger partial charge in [-0.15, -0.1) is 0 Å². The number of allylic oxidation sites excluding steroid dienone is 1. The maximum Gasteiger partial charge on any atom is 0.293 e. The Morgan fingerprint density at radius 2 is 1.76 bits per heavy atom. The van der Waals surface area contributed by atoms with Gasteiger partial charge in [0, 0.05) is 28.4 Å². The van der Waals surface area contributed by atoms with E-state index in [0.29, 0.717) is 31.3 Å². The standard InChI is InChI=1S/C21H26O8/c1-10(23)7-11-14(24)12-13(17(27)15(11)25)21(3)6-4-5-20(2,8-29-9-22)19(21)18(28)16(12)26/h9-10,23-25,27-28H,4-8H2,1-3H3/t10?,20-,21-/m1/s1. The molecule has 3 atom stereocenters. The van der Waals surface area contributed by atoms with Gasteiger partial charge in [-0.1, -0.05) is 20.3 Å². The second-order valence-electron chi connectivity index (χ2n) is 8.53. The minimum atomic E-state index is -1.07. The van der Waals surface area contributed by atoms with Crippen LogP contribution in [0.1, 0.15) is 61.5 Å². The zero-order valence-electron chi connectivity index (χ0n) is 16.7. The summed E-state index contributed by atoms with van der Waals surface area (Å²) in [4.78, 5) is 23.8. The van der Waals surface area contributed by atoms with E-state index < -0.39 is 45.7 Å². The fraction of sp³-hybridized carbons (Fsp3) is 0.524. The molecule has 8 nitrogen and oxygen atoms in total. The number of benzene rings is 1. The van der Waals surface area contributed by atoms with E-state index in [4.69, 9.17) is 4.74 Å². The Morgan fingerprint density at radius 1 is 1.10 bits per heavy atom. The number of Topliss-reactive ketones (excluding diaryl/α,β-unsaturated/α-hetero) is 1. The van der Waals surface area contributed by atoms with Crippen LogP contribution in [0.25, 0.3) is 0 Å². The molecular weight excluding hydrogens is 380 g/mol. The number of phenols is 3. The minimum absolute atomic E-state index is 0.0386. The monoisotopic (exact) mass is 406 g/mol. The molecule has 5 N–H and O–H groups in total. The number of ether oxygens (including phenoxy) is 1. The highest BCUT2D eigenvalue weighted by atomic mass is 16.5. The Labute approximate surface area is 168 Å². The van der Waals surface area contributed by atoms with Crippen LogP contribution in [-0.2, 0) is 21.4 Å². The molecular formula is C21H26O8. The van der Waals surface area contributed by atoms with Gasteiger partial charge in [0.15, 0.2) is 17.3 Å². The summed E-state index contributed by atoms with van der Waals surface area (Å²) in [6, 6.07) is 0. The highest BCUT2D eigenvalue weighted by molar-refractivity contribution is 6.13. The van der Waals surface area contributed by atoms with Gasteiger partial charge in [-0.3, -0.25) is 9.59 Å². The van der Waals surface area contributed by atoms with Crippen LogP contribution in [0.4, 0.5) is 0 Å². The SMILES string of the molecule is CC(O)Cc1c(O)c(O)c2c(c1O)C(=O)C(O)=C1[C@@](C)(COC=O)CCC[C@@]12C. The summed E-state index contributed by atoms with van der Waals surface area (Å²) in [5, 5.41) is 52.6. The Bertz CT molecular complexity index is 916. The van der Waals surface area contributed by atoms with Gasteiger partial charge >= 0.3 is 0 Å². The number of fused-ring (bicyclic) bond motifs is 3. The van der Waals surface area contributed by atoms with Gasteiger partial charge in [0.2, 0.25) is 5.78 Å². The summed E-state index contributed by atoms with van der Waals surface area (Å²) >= 11 is 0. The molecule has 1 unspecified atom stereocenters. The van der Waals surface area contributed by atoms with Gasteiger partial charge in [-0.2, -0.15) is 0 Å². The number of aliphatic hydroxyl groups is 2.